The quantitative estimate of drug-likeness (QED) is 0.597. The number of rotatable bonds is 7. The van der Waals surface area contributed by atoms with Gasteiger partial charge in [-0.2, -0.15) is 0 Å². The van der Waals surface area contributed by atoms with Gasteiger partial charge in [-0.25, -0.2) is 0 Å². The van der Waals surface area contributed by atoms with Crippen LogP contribution in [-0.2, 0) is 0 Å². The molecule has 102 valence electrons. The van der Waals surface area contributed by atoms with Crippen molar-refractivity contribution in [3.05, 3.63) is 22.7 Å². The third-order valence-corrected chi connectivity index (χ3v) is 3.78. The average Bonchev–Trinajstić information content (AvgIpc) is 2.30. The van der Waals surface area contributed by atoms with Crippen molar-refractivity contribution in [3.8, 4) is 0 Å². The lowest BCUT2D eigenvalue weighted by atomic mass is 10.2. The lowest BCUT2D eigenvalue weighted by molar-refractivity contribution is 0.269. The maximum atomic E-state index is 5.70. The molecule has 0 heterocycles. The zero-order valence-electron chi connectivity index (χ0n) is 11.5. The molecule has 0 aliphatic rings. The number of halogens is 1. The lowest BCUT2D eigenvalue weighted by Crippen LogP contribution is -2.27. The number of benzene rings is 1. The third kappa shape index (κ3) is 5.27. The average molecular weight is 314 g/mol. The standard InChI is InChI=1S/C14H24BrN3/c1-11(2)18(3)9-5-4-8-17-14-7-6-12(16)10-13(14)15/h6-7,10-11,17H,4-5,8-9,16H2,1-3H3. The highest BCUT2D eigenvalue weighted by Crippen LogP contribution is 2.24. The first-order chi connectivity index (χ1) is 8.50. The van der Waals surface area contributed by atoms with Crippen LogP contribution in [0.2, 0.25) is 0 Å². The Morgan fingerprint density at radius 2 is 2.06 bits per heavy atom. The molecule has 0 atom stereocenters. The summed E-state index contributed by atoms with van der Waals surface area (Å²) >= 11 is 3.51. The summed E-state index contributed by atoms with van der Waals surface area (Å²) in [7, 11) is 2.18. The van der Waals surface area contributed by atoms with Gasteiger partial charge in [0.15, 0.2) is 0 Å². The fraction of sp³-hybridized carbons (Fsp3) is 0.571. The molecule has 0 fully saturated rings. The van der Waals surface area contributed by atoms with Crippen LogP contribution in [0, 0.1) is 0 Å². The second-order valence-electron chi connectivity index (χ2n) is 4.95. The second-order valence-corrected chi connectivity index (χ2v) is 5.80. The zero-order chi connectivity index (χ0) is 13.5. The van der Waals surface area contributed by atoms with E-state index in [-0.39, 0.29) is 0 Å². The van der Waals surface area contributed by atoms with Crippen molar-refractivity contribution < 1.29 is 0 Å². The van der Waals surface area contributed by atoms with Gasteiger partial charge in [0.2, 0.25) is 0 Å². The fourth-order valence-electron chi connectivity index (χ4n) is 1.64. The minimum Gasteiger partial charge on any atom is -0.399 e. The first-order valence-corrected chi connectivity index (χ1v) is 7.29. The van der Waals surface area contributed by atoms with E-state index in [2.05, 4.69) is 47.0 Å². The zero-order valence-corrected chi connectivity index (χ0v) is 13.1. The summed E-state index contributed by atoms with van der Waals surface area (Å²) in [6, 6.07) is 6.48. The van der Waals surface area contributed by atoms with Gasteiger partial charge in [0.25, 0.3) is 0 Å². The predicted molar refractivity (Wildman–Crippen MR) is 84.0 cm³/mol. The van der Waals surface area contributed by atoms with Crippen LogP contribution in [-0.4, -0.2) is 31.1 Å². The molecule has 0 saturated carbocycles. The summed E-state index contributed by atoms with van der Waals surface area (Å²) in [4.78, 5) is 2.37. The topological polar surface area (TPSA) is 41.3 Å². The highest BCUT2D eigenvalue weighted by atomic mass is 79.9. The van der Waals surface area contributed by atoms with Gasteiger partial charge in [0.05, 0.1) is 0 Å². The smallest absolute Gasteiger partial charge is 0.0486 e. The third-order valence-electron chi connectivity index (χ3n) is 3.13. The number of nitrogens with zero attached hydrogens (tertiary/aromatic N) is 1. The van der Waals surface area contributed by atoms with E-state index < -0.39 is 0 Å². The number of nitrogen functional groups attached to an aromatic ring is 1. The van der Waals surface area contributed by atoms with E-state index in [0.29, 0.717) is 6.04 Å². The highest BCUT2D eigenvalue weighted by Gasteiger charge is 2.02. The Balaban J connectivity index is 2.22. The van der Waals surface area contributed by atoms with Gasteiger partial charge in [-0.05, 0) is 74.4 Å². The van der Waals surface area contributed by atoms with Crippen LogP contribution in [0.1, 0.15) is 26.7 Å². The Kier molecular flexibility index (Phi) is 6.50. The van der Waals surface area contributed by atoms with Crippen LogP contribution < -0.4 is 11.1 Å². The summed E-state index contributed by atoms with van der Waals surface area (Å²) in [5, 5.41) is 3.42. The molecule has 0 aliphatic carbocycles. The van der Waals surface area contributed by atoms with Gasteiger partial charge < -0.3 is 16.0 Å². The molecule has 3 N–H and O–H groups in total. The number of unbranched alkanes of at least 4 members (excludes halogenated alkanes) is 1. The monoisotopic (exact) mass is 313 g/mol. The first kappa shape index (κ1) is 15.3. The van der Waals surface area contributed by atoms with E-state index in [9.17, 15) is 0 Å². The largest absolute Gasteiger partial charge is 0.399 e. The molecule has 0 amide bonds. The summed E-state index contributed by atoms with van der Waals surface area (Å²) in [5.41, 5.74) is 7.60. The van der Waals surface area contributed by atoms with Crippen molar-refractivity contribution in [2.45, 2.75) is 32.7 Å². The molecule has 0 saturated heterocycles. The van der Waals surface area contributed by atoms with E-state index in [0.717, 1.165) is 28.9 Å². The van der Waals surface area contributed by atoms with Crippen molar-refractivity contribution in [3.63, 3.8) is 0 Å². The highest BCUT2D eigenvalue weighted by molar-refractivity contribution is 9.10. The predicted octanol–water partition coefficient (Wildman–Crippen LogP) is 3.56. The van der Waals surface area contributed by atoms with Gasteiger partial charge in [-0.3, -0.25) is 0 Å². The number of hydrogen-bond acceptors (Lipinski definition) is 3. The van der Waals surface area contributed by atoms with Crippen molar-refractivity contribution in [2.24, 2.45) is 0 Å². The van der Waals surface area contributed by atoms with Crippen LogP contribution in [0.4, 0.5) is 11.4 Å². The van der Waals surface area contributed by atoms with Crippen LogP contribution in [0.3, 0.4) is 0 Å². The first-order valence-electron chi connectivity index (χ1n) is 6.50. The molecule has 0 unspecified atom stereocenters. The van der Waals surface area contributed by atoms with Gasteiger partial charge in [0, 0.05) is 28.4 Å². The van der Waals surface area contributed by atoms with Crippen LogP contribution in [0.5, 0.6) is 0 Å². The van der Waals surface area contributed by atoms with Crippen molar-refractivity contribution in [2.75, 3.05) is 31.2 Å². The number of nitrogens with one attached hydrogen (secondary N) is 1. The molecule has 0 aliphatic heterocycles. The van der Waals surface area contributed by atoms with E-state index in [4.69, 9.17) is 5.73 Å². The Morgan fingerprint density at radius 3 is 2.67 bits per heavy atom. The normalized spacial score (nSPS) is 11.2. The Labute approximate surface area is 119 Å². The van der Waals surface area contributed by atoms with Gasteiger partial charge >= 0.3 is 0 Å². The van der Waals surface area contributed by atoms with Gasteiger partial charge in [-0.15, -0.1) is 0 Å². The van der Waals surface area contributed by atoms with Crippen molar-refractivity contribution >= 4 is 27.3 Å². The van der Waals surface area contributed by atoms with Crippen molar-refractivity contribution in [1.29, 1.82) is 0 Å². The van der Waals surface area contributed by atoms with Crippen LogP contribution >= 0.6 is 15.9 Å². The second kappa shape index (κ2) is 7.64. The van der Waals surface area contributed by atoms with E-state index in [1.165, 1.54) is 12.8 Å². The van der Waals surface area contributed by atoms with E-state index >= 15 is 0 Å². The van der Waals surface area contributed by atoms with Crippen LogP contribution in [0.15, 0.2) is 22.7 Å². The van der Waals surface area contributed by atoms with E-state index in [1.54, 1.807) is 0 Å². The maximum absolute atomic E-state index is 5.70. The minimum atomic E-state index is 0.629. The minimum absolute atomic E-state index is 0.629. The molecule has 0 aromatic heterocycles. The van der Waals surface area contributed by atoms with Crippen LogP contribution in [0.25, 0.3) is 0 Å². The number of anilines is 2. The Bertz CT molecular complexity index is 366. The Hall–Kier alpha value is -0.740. The molecule has 1 aromatic carbocycles. The molecule has 0 radical (unpaired) electrons. The molecule has 4 heteroatoms. The number of nitrogens with two attached hydrogens (primary N) is 1. The number of hydrogen-bond donors (Lipinski definition) is 2. The fourth-order valence-corrected chi connectivity index (χ4v) is 2.18. The molecular formula is C14H24BrN3. The molecule has 1 aromatic rings. The van der Waals surface area contributed by atoms with Gasteiger partial charge in [0.1, 0.15) is 0 Å². The molecule has 3 nitrogen and oxygen atoms in total. The molecular weight excluding hydrogens is 290 g/mol. The lowest BCUT2D eigenvalue weighted by Gasteiger charge is -2.20. The molecule has 0 spiro atoms. The SMILES string of the molecule is CC(C)N(C)CCCCNc1ccc(N)cc1Br. The summed E-state index contributed by atoms with van der Waals surface area (Å²) in [5.74, 6) is 0. The summed E-state index contributed by atoms with van der Waals surface area (Å²) < 4.78 is 1.03. The summed E-state index contributed by atoms with van der Waals surface area (Å²) in [6.45, 7) is 6.60. The van der Waals surface area contributed by atoms with Gasteiger partial charge in [-0.1, -0.05) is 0 Å². The molecule has 18 heavy (non-hydrogen) atoms. The van der Waals surface area contributed by atoms with Crippen molar-refractivity contribution in [1.82, 2.24) is 4.90 Å². The maximum Gasteiger partial charge on any atom is 0.0486 e. The molecule has 1 rings (SSSR count). The van der Waals surface area contributed by atoms with E-state index in [1.807, 2.05) is 18.2 Å². The summed E-state index contributed by atoms with van der Waals surface area (Å²) in [6.07, 6.45) is 2.39. The Morgan fingerprint density at radius 1 is 1.33 bits per heavy atom. The molecule has 0 bridgehead atoms.